The normalized spacial score (nSPS) is 10.7. The molecule has 62 valence electrons. The van der Waals surface area contributed by atoms with Crippen LogP contribution in [0, 0.1) is 0 Å². The van der Waals surface area contributed by atoms with Gasteiger partial charge >= 0.3 is 0 Å². The van der Waals surface area contributed by atoms with E-state index in [0.717, 1.165) is 0 Å². The number of nitrogens with zero attached hydrogens (tertiary/aromatic N) is 2. The fourth-order valence-electron chi connectivity index (χ4n) is 0.327. The average molecular weight is 158 g/mol. The molecule has 0 rings (SSSR count). The van der Waals surface area contributed by atoms with Crippen LogP contribution in [0.25, 0.3) is 0 Å². The number of hydrogen-bond acceptors (Lipinski definition) is 2. The largest absolute Gasteiger partial charge is 0.370 e. The highest BCUT2D eigenvalue weighted by Gasteiger charge is 1.91. The molecule has 0 bridgehead atoms. The van der Waals surface area contributed by atoms with Crippen LogP contribution in [0.4, 0.5) is 0 Å². The molecule has 0 saturated heterocycles. The first kappa shape index (κ1) is 9.21. The quantitative estimate of drug-likeness (QED) is 0.251. The summed E-state index contributed by atoms with van der Waals surface area (Å²) in [5, 5.41) is 0. The minimum absolute atomic E-state index is 0.163. The SMILES string of the molecule is NC(=O)CN=C(N)N=C(N)N. The molecule has 0 aromatic rings. The van der Waals surface area contributed by atoms with E-state index in [1.807, 2.05) is 0 Å². The Morgan fingerprint density at radius 2 is 1.73 bits per heavy atom. The molecule has 0 spiro atoms. The lowest BCUT2D eigenvalue weighted by atomic mass is 10.6. The fraction of sp³-hybridized carbons (Fsp3) is 0.250. The Morgan fingerprint density at radius 1 is 1.18 bits per heavy atom. The van der Waals surface area contributed by atoms with E-state index in [2.05, 4.69) is 9.98 Å². The van der Waals surface area contributed by atoms with Gasteiger partial charge < -0.3 is 22.9 Å². The lowest BCUT2D eigenvalue weighted by Gasteiger charge is -1.91. The summed E-state index contributed by atoms with van der Waals surface area (Å²) >= 11 is 0. The molecule has 8 N–H and O–H groups in total. The maximum absolute atomic E-state index is 10.1. The number of primary amides is 1. The molecule has 7 nitrogen and oxygen atoms in total. The van der Waals surface area contributed by atoms with Crippen LogP contribution in [-0.4, -0.2) is 24.4 Å². The molecule has 11 heavy (non-hydrogen) atoms. The maximum atomic E-state index is 10.1. The highest BCUT2D eigenvalue weighted by atomic mass is 16.1. The van der Waals surface area contributed by atoms with Gasteiger partial charge in [0.1, 0.15) is 6.54 Å². The Kier molecular flexibility index (Phi) is 3.43. The number of rotatable bonds is 2. The van der Waals surface area contributed by atoms with Crippen LogP contribution in [0.15, 0.2) is 9.98 Å². The van der Waals surface area contributed by atoms with Crippen LogP contribution in [0.2, 0.25) is 0 Å². The predicted octanol–water partition coefficient (Wildman–Crippen LogP) is -2.94. The van der Waals surface area contributed by atoms with Gasteiger partial charge in [0.15, 0.2) is 5.96 Å². The Bertz CT molecular complexity index is 203. The third-order valence-electron chi connectivity index (χ3n) is 0.641. The Balaban J connectivity index is 4.02. The molecule has 7 heteroatoms. The molecule has 0 saturated carbocycles. The highest BCUT2D eigenvalue weighted by Crippen LogP contribution is 1.72. The van der Waals surface area contributed by atoms with Gasteiger partial charge in [-0.05, 0) is 0 Å². The van der Waals surface area contributed by atoms with Gasteiger partial charge in [-0.3, -0.25) is 4.79 Å². The molecule has 0 aromatic heterocycles. The Hall–Kier alpha value is -1.79. The zero-order chi connectivity index (χ0) is 8.85. The van der Waals surface area contributed by atoms with Gasteiger partial charge in [-0.1, -0.05) is 0 Å². The van der Waals surface area contributed by atoms with E-state index >= 15 is 0 Å². The number of nitrogens with two attached hydrogens (primary N) is 4. The van der Waals surface area contributed by atoms with E-state index in [4.69, 9.17) is 22.9 Å². The minimum atomic E-state index is -0.598. The summed E-state index contributed by atoms with van der Waals surface area (Å²) < 4.78 is 0. The molecule has 0 unspecified atom stereocenters. The summed E-state index contributed by atoms with van der Waals surface area (Å²) in [4.78, 5) is 16.9. The molecule has 0 heterocycles. The number of aliphatic imine (C=N–C) groups is 2. The minimum Gasteiger partial charge on any atom is -0.370 e. The second-order valence-electron chi connectivity index (χ2n) is 1.68. The number of guanidine groups is 2. The van der Waals surface area contributed by atoms with Crippen molar-refractivity contribution >= 4 is 17.8 Å². The smallest absolute Gasteiger partial charge is 0.239 e. The first-order valence-electron chi connectivity index (χ1n) is 2.70. The third-order valence-corrected chi connectivity index (χ3v) is 0.641. The van der Waals surface area contributed by atoms with Crippen LogP contribution in [0.3, 0.4) is 0 Å². The molecular formula is C4H10N6O. The summed E-state index contributed by atoms with van der Waals surface area (Å²) in [5.41, 5.74) is 19.8. The standard InChI is InChI=1S/C4H10N6O/c5-2(11)1-9-4(8)10-3(6)7/h1H2,(H2,5,11)(H6,6,7,8,9,10). The molecule has 0 fully saturated rings. The summed E-state index contributed by atoms with van der Waals surface area (Å²) in [7, 11) is 0. The van der Waals surface area contributed by atoms with Gasteiger partial charge in [0.2, 0.25) is 11.9 Å². The van der Waals surface area contributed by atoms with Crippen molar-refractivity contribution in [3.63, 3.8) is 0 Å². The second kappa shape index (κ2) is 4.09. The van der Waals surface area contributed by atoms with Crippen molar-refractivity contribution in [2.75, 3.05) is 6.54 Å². The van der Waals surface area contributed by atoms with E-state index in [9.17, 15) is 4.79 Å². The van der Waals surface area contributed by atoms with E-state index < -0.39 is 5.91 Å². The van der Waals surface area contributed by atoms with E-state index in [-0.39, 0.29) is 18.5 Å². The number of carbonyl (C=O) groups is 1. The monoisotopic (exact) mass is 158 g/mol. The van der Waals surface area contributed by atoms with Crippen molar-refractivity contribution in [1.82, 2.24) is 0 Å². The average Bonchev–Trinajstić information content (AvgIpc) is 1.82. The van der Waals surface area contributed by atoms with Gasteiger partial charge in [0, 0.05) is 0 Å². The lowest BCUT2D eigenvalue weighted by molar-refractivity contribution is -0.116. The highest BCUT2D eigenvalue weighted by molar-refractivity contribution is 5.93. The fourth-order valence-corrected chi connectivity index (χ4v) is 0.327. The van der Waals surface area contributed by atoms with Crippen LogP contribution in [0.5, 0.6) is 0 Å². The molecule has 1 amide bonds. The molecule has 0 aliphatic rings. The summed E-state index contributed by atoms with van der Waals surface area (Å²) in [5.74, 6) is -0.974. The van der Waals surface area contributed by atoms with E-state index in [0.29, 0.717) is 0 Å². The zero-order valence-electron chi connectivity index (χ0n) is 5.82. The van der Waals surface area contributed by atoms with Crippen LogP contribution < -0.4 is 22.9 Å². The number of carbonyl (C=O) groups excluding carboxylic acids is 1. The summed E-state index contributed by atoms with van der Waals surface area (Å²) in [6.07, 6.45) is 0. The molecule has 0 atom stereocenters. The zero-order valence-corrected chi connectivity index (χ0v) is 5.82. The van der Waals surface area contributed by atoms with Gasteiger partial charge in [-0.25, -0.2) is 4.99 Å². The number of hydrogen-bond donors (Lipinski definition) is 4. The molecule has 0 aliphatic carbocycles. The number of amides is 1. The first-order chi connectivity index (χ1) is 5.02. The van der Waals surface area contributed by atoms with Crippen LogP contribution in [0.1, 0.15) is 0 Å². The lowest BCUT2D eigenvalue weighted by Crippen LogP contribution is -2.27. The van der Waals surface area contributed by atoms with E-state index in [1.165, 1.54) is 0 Å². The third kappa shape index (κ3) is 6.09. The maximum Gasteiger partial charge on any atom is 0.239 e. The van der Waals surface area contributed by atoms with Crippen molar-refractivity contribution in [1.29, 1.82) is 0 Å². The van der Waals surface area contributed by atoms with Gasteiger partial charge in [0.05, 0.1) is 0 Å². The first-order valence-corrected chi connectivity index (χ1v) is 2.70. The van der Waals surface area contributed by atoms with Crippen LogP contribution >= 0.6 is 0 Å². The van der Waals surface area contributed by atoms with Crippen molar-refractivity contribution in [2.45, 2.75) is 0 Å². The molecule has 0 aliphatic heterocycles. The summed E-state index contributed by atoms with van der Waals surface area (Å²) in [6.45, 7) is -0.220. The van der Waals surface area contributed by atoms with Crippen molar-refractivity contribution in [3.05, 3.63) is 0 Å². The predicted molar refractivity (Wildman–Crippen MR) is 41.5 cm³/mol. The van der Waals surface area contributed by atoms with Gasteiger partial charge in [-0.15, -0.1) is 0 Å². The van der Waals surface area contributed by atoms with Crippen molar-refractivity contribution < 1.29 is 4.79 Å². The topological polar surface area (TPSA) is 146 Å². The van der Waals surface area contributed by atoms with Gasteiger partial charge in [0.25, 0.3) is 0 Å². The van der Waals surface area contributed by atoms with Crippen LogP contribution in [-0.2, 0) is 4.79 Å². The van der Waals surface area contributed by atoms with Crippen molar-refractivity contribution in [2.24, 2.45) is 32.9 Å². The molecule has 0 radical (unpaired) electrons. The summed E-state index contributed by atoms with van der Waals surface area (Å²) in [6, 6.07) is 0. The molecular weight excluding hydrogens is 148 g/mol. The van der Waals surface area contributed by atoms with Gasteiger partial charge in [-0.2, -0.15) is 4.99 Å². The Morgan fingerprint density at radius 3 is 2.09 bits per heavy atom. The van der Waals surface area contributed by atoms with Crippen molar-refractivity contribution in [3.8, 4) is 0 Å². The second-order valence-corrected chi connectivity index (χ2v) is 1.68. The van der Waals surface area contributed by atoms with E-state index in [1.54, 1.807) is 0 Å². The Labute approximate surface area is 63.1 Å². The molecule has 0 aromatic carbocycles.